The van der Waals surface area contributed by atoms with Gasteiger partial charge in [-0.15, -0.1) is 0 Å². The third-order valence-corrected chi connectivity index (χ3v) is 2.57. The summed E-state index contributed by atoms with van der Waals surface area (Å²) in [7, 11) is 1.44. The molecule has 1 rings (SSSR count). The second-order valence-electron chi connectivity index (χ2n) is 4.13. The van der Waals surface area contributed by atoms with E-state index in [-0.39, 0.29) is 22.7 Å². The summed E-state index contributed by atoms with van der Waals surface area (Å²) < 4.78 is 4.96. The van der Waals surface area contributed by atoms with Gasteiger partial charge in [0.1, 0.15) is 0 Å². The number of ether oxygens (including phenoxy) is 1. The van der Waals surface area contributed by atoms with Crippen molar-refractivity contribution in [2.24, 2.45) is 5.73 Å². The van der Waals surface area contributed by atoms with E-state index in [0.717, 1.165) is 5.56 Å². The predicted molar refractivity (Wildman–Crippen MR) is 58.4 cm³/mol. The van der Waals surface area contributed by atoms with Crippen LogP contribution in [-0.2, 0) is 5.41 Å². The Bertz CT molecular complexity index is 361. The van der Waals surface area contributed by atoms with Crippen molar-refractivity contribution in [2.75, 3.05) is 13.7 Å². The lowest BCUT2D eigenvalue weighted by atomic mass is 9.84. The summed E-state index contributed by atoms with van der Waals surface area (Å²) in [5.74, 6) is -0.175. The highest BCUT2D eigenvalue weighted by atomic mass is 16.5. The molecule has 0 unspecified atom stereocenters. The number of phenolic OH excluding ortho intramolecular Hbond substituents is 2. The van der Waals surface area contributed by atoms with Gasteiger partial charge in [0, 0.05) is 12.0 Å². The molecule has 0 aromatic heterocycles. The Morgan fingerprint density at radius 1 is 1.33 bits per heavy atom. The highest BCUT2D eigenvalue weighted by molar-refractivity contribution is 5.53. The van der Waals surface area contributed by atoms with Crippen molar-refractivity contribution in [3.05, 3.63) is 17.7 Å². The summed E-state index contributed by atoms with van der Waals surface area (Å²) in [5.41, 5.74) is 6.20. The molecule has 0 radical (unpaired) electrons. The van der Waals surface area contributed by atoms with E-state index >= 15 is 0 Å². The van der Waals surface area contributed by atoms with Crippen LogP contribution in [0.25, 0.3) is 0 Å². The summed E-state index contributed by atoms with van der Waals surface area (Å²) in [6, 6.07) is 3.19. The van der Waals surface area contributed by atoms with E-state index in [4.69, 9.17) is 10.5 Å². The molecule has 15 heavy (non-hydrogen) atoms. The number of phenols is 2. The van der Waals surface area contributed by atoms with Crippen molar-refractivity contribution < 1.29 is 14.9 Å². The van der Waals surface area contributed by atoms with Crippen molar-refractivity contribution in [2.45, 2.75) is 19.3 Å². The minimum Gasteiger partial charge on any atom is -0.504 e. The largest absolute Gasteiger partial charge is 0.504 e. The highest BCUT2D eigenvalue weighted by Crippen LogP contribution is 2.39. The molecule has 84 valence electrons. The molecule has 1 aromatic rings. The number of hydrogen-bond acceptors (Lipinski definition) is 4. The van der Waals surface area contributed by atoms with Gasteiger partial charge in [0.2, 0.25) is 5.75 Å². The van der Waals surface area contributed by atoms with E-state index in [1.54, 1.807) is 6.07 Å². The first-order valence-electron chi connectivity index (χ1n) is 4.73. The van der Waals surface area contributed by atoms with E-state index < -0.39 is 0 Å². The van der Waals surface area contributed by atoms with Crippen molar-refractivity contribution in [1.82, 2.24) is 0 Å². The molecule has 0 aliphatic rings. The van der Waals surface area contributed by atoms with E-state index in [1.165, 1.54) is 13.2 Å². The van der Waals surface area contributed by atoms with Crippen LogP contribution in [0.15, 0.2) is 12.1 Å². The van der Waals surface area contributed by atoms with Gasteiger partial charge in [0.15, 0.2) is 11.5 Å². The zero-order chi connectivity index (χ0) is 11.6. The molecule has 0 spiro atoms. The van der Waals surface area contributed by atoms with E-state index in [2.05, 4.69) is 0 Å². The van der Waals surface area contributed by atoms with Gasteiger partial charge in [-0.1, -0.05) is 13.8 Å². The van der Waals surface area contributed by atoms with Crippen molar-refractivity contribution in [1.29, 1.82) is 0 Å². The zero-order valence-electron chi connectivity index (χ0n) is 9.24. The maximum Gasteiger partial charge on any atom is 0.200 e. The number of rotatable bonds is 3. The SMILES string of the molecule is COc1cc(C(C)(C)CN)cc(O)c1O. The number of methoxy groups -OCH3 is 1. The molecule has 0 heterocycles. The van der Waals surface area contributed by atoms with E-state index in [1.807, 2.05) is 13.8 Å². The standard InChI is InChI=1S/C11H17NO3/c1-11(2,6-12)7-4-8(13)10(14)9(5-7)15-3/h4-5,13-14H,6,12H2,1-3H3. The average Bonchev–Trinajstić information content (AvgIpc) is 2.21. The molecule has 4 heteroatoms. The summed E-state index contributed by atoms with van der Waals surface area (Å²) in [6.07, 6.45) is 0. The lowest BCUT2D eigenvalue weighted by molar-refractivity contribution is 0.348. The molecule has 4 nitrogen and oxygen atoms in total. The zero-order valence-corrected chi connectivity index (χ0v) is 9.24. The third-order valence-electron chi connectivity index (χ3n) is 2.57. The number of nitrogens with two attached hydrogens (primary N) is 1. The molecule has 4 N–H and O–H groups in total. The Hall–Kier alpha value is -1.42. The maximum atomic E-state index is 9.50. The second-order valence-corrected chi connectivity index (χ2v) is 4.13. The first kappa shape index (κ1) is 11.7. The fourth-order valence-corrected chi connectivity index (χ4v) is 1.26. The molecule has 0 fully saturated rings. The topological polar surface area (TPSA) is 75.7 Å². The lowest BCUT2D eigenvalue weighted by Crippen LogP contribution is -2.28. The summed E-state index contributed by atoms with van der Waals surface area (Å²) in [6.45, 7) is 4.36. The Balaban J connectivity index is 3.28. The van der Waals surface area contributed by atoms with Crippen molar-refractivity contribution in [3.63, 3.8) is 0 Å². The Kier molecular flexibility index (Phi) is 3.09. The second kappa shape index (κ2) is 3.98. The molecular weight excluding hydrogens is 194 g/mol. The smallest absolute Gasteiger partial charge is 0.200 e. The summed E-state index contributed by atoms with van der Waals surface area (Å²) >= 11 is 0. The minimum absolute atomic E-state index is 0.189. The maximum absolute atomic E-state index is 9.50. The third kappa shape index (κ3) is 2.15. The highest BCUT2D eigenvalue weighted by Gasteiger charge is 2.22. The molecular formula is C11H17NO3. The number of aromatic hydroxyl groups is 2. The minimum atomic E-state index is -0.265. The van der Waals surface area contributed by atoms with Crippen LogP contribution < -0.4 is 10.5 Å². The van der Waals surface area contributed by atoms with Gasteiger partial charge in [-0.3, -0.25) is 0 Å². The fraction of sp³-hybridized carbons (Fsp3) is 0.455. The fourth-order valence-electron chi connectivity index (χ4n) is 1.26. The van der Waals surface area contributed by atoms with Crippen LogP contribution in [0.3, 0.4) is 0 Å². The van der Waals surface area contributed by atoms with Gasteiger partial charge < -0.3 is 20.7 Å². The van der Waals surface area contributed by atoms with Gasteiger partial charge in [-0.2, -0.15) is 0 Å². The van der Waals surface area contributed by atoms with Crippen LogP contribution in [0, 0.1) is 0 Å². The first-order valence-corrected chi connectivity index (χ1v) is 4.73. The number of benzene rings is 1. The summed E-state index contributed by atoms with van der Waals surface area (Å²) in [4.78, 5) is 0. The van der Waals surface area contributed by atoms with Gasteiger partial charge >= 0.3 is 0 Å². The van der Waals surface area contributed by atoms with Gasteiger partial charge in [-0.05, 0) is 17.7 Å². The molecule has 0 amide bonds. The van der Waals surface area contributed by atoms with Crippen LogP contribution >= 0.6 is 0 Å². The van der Waals surface area contributed by atoms with Crippen LogP contribution in [0.2, 0.25) is 0 Å². The van der Waals surface area contributed by atoms with E-state index in [0.29, 0.717) is 6.54 Å². The molecule has 0 aliphatic carbocycles. The molecule has 0 bridgehead atoms. The monoisotopic (exact) mass is 211 g/mol. The summed E-state index contributed by atoms with van der Waals surface area (Å²) in [5, 5.41) is 19.0. The van der Waals surface area contributed by atoms with Crippen LogP contribution in [0.4, 0.5) is 0 Å². The average molecular weight is 211 g/mol. The van der Waals surface area contributed by atoms with Crippen LogP contribution in [-0.4, -0.2) is 23.9 Å². The van der Waals surface area contributed by atoms with Gasteiger partial charge in [0.25, 0.3) is 0 Å². The quantitative estimate of drug-likeness (QED) is 0.659. The van der Waals surface area contributed by atoms with Crippen LogP contribution in [0.5, 0.6) is 17.2 Å². The van der Waals surface area contributed by atoms with Crippen molar-refractivity contribution >= 4 is 0 Å². The molecule has 0 atom stereocenters. The first-order chi connectivity index (χ1) is 6.92. The lowest BCUT2D eigenvalue weighted by Gasteiger charge is -2.24. The normalized spacial score (nSPS) is 11.5. The van der Waals surface area contributed by atoms with Gasteiger partial charge in [0.05, 0.1) is 7.11 Å². The molecule has 0 aliphatic heterocycles. The molecule has 0 saturated carbocycles. The Labute approximate surface area is 89.3 Å². The Morgan fingerprint density at radius 3 is 2.40 bits per heavy atom. The molecule has 0 saturated heterocycles. The molecule has 1 aromatic carbocycles. The predicted octanol–water partition coefficient (Wildman–Crippen LogP) is 1.34. The Morgan fingerprint density at radius 2 is 1.93 bits per heavy atom. The van der Waals surface area contributed by atoms with Crippen molar-refractivity contribution in [3.8, 4) is 17.2 Å². The van der Waals surface area contributed by atoms with Gasteiger partial charge in [-0.25, -0.2) is 0 Å². The van der Waals surface area contributed by atoms with E-state index in [9.17, 15) is 10.2 Å². The van der Waals surface area contributed by atoms with Crippen LogP contribution in [0.1, 0.15) is 19.4 Å². The number of hydrogen-bond donors (Lipinski definition) is 3.